The monoisotopic (exact) mass is 426 g/mol. The second kappa shape index (κ2) is 7.95. The molecule has 0 spiro atoms. The minimum Gasteiger partial charge on any atom is -0.507 e. The SMILES string of the molecule is O=C(COc1cccc(Br)c1)NN=Cc1cc(Br)ccc1O. The molecule has 0 aromatic heterocycles. The normalized spacial score (nSPS) is 10.6. The van der Waals surface area contributed by atoms with Crippen molar-refractivity contribution in [3.8, 4) is 11.5 Å². The molecular weight excluding hydrogens is 416 g/mol. The van der Waals surface area contributed by atoms with Crippen LogP contribution in [0.1, 0.15) is 5.56 Å². The van der Waals surface area contributed by atoms with Crippen LogP contribution >= 0.6 is 31.9 Å². The lowest BCUT2D eigenvalue weighted by atomic mass is 10.2. The van der Waals surface area contributed by atoms with Crippen molar-refractivity contribution in [3.63, 3.8) is 0 Å². The molecule has 0 atom stereocenters. The molecule has 0 unspecified atom stereocenters. The number of carbonyl (C=O) groups excluding carboxylic acids is 1. The number of phenols is 1. The average molecular weight is 428 g/mol. The van der Waals surface area contributed by atoms with Gasteiger partial charge in [0.1, 0.15) is 11.5 Å². The smallest absolute Gasteiger partial charge is 0.277 e. The van der Waals surface area contributed by atoms with E-state index < -0.39 is 5.91 Å². The maximum absolute atomic E-state index is 11.6. The molecule has 22 heavy (non-hydrogen) atoms. The zero-order valence-electron chi connectivity index (χ0n) is 11.3. The fourth-order valence-corrected chi connectivity index (χ4v) is 2.30. The van der Waals surface area contributed by atoms with Crippen molar-refractivity contribution in [2.75, 3.05) is 6.61 Å². The highest BCUT2D eigenvalue weighted by Gasteiger charge is 2.02. The summed E-state index contributed by atoms with van der Waals surface area (Å²) < 4.78 is 6.99. The van der Waals surface area contributed by atoms with Crippen molar-refractivity contribution in [1.82, 2.24) is 5.43 Å². The van der Waals surface area contributed by atoms with Gasteiger partial charge in [0.2, 0.25) is 0 Å². The molecule has 0 bridgehead atoms. The van der Waals surface area contributed by atoms with E-state index in [2.05, 4.69) is 42.4 Å². The van der Waals surface area contributed by atoms with E-state index in [9.17, 15) is 9.90 Å². The highest BCUT2D eigenvalue weighted by atomic mass is 79.9. The summed E-state index contributed by atoms with van der Waals surface area (Å²) in [6.45, 7) is -0.155. The number of hydrazone groups is 1. The molecule has 0 saturated heterocycles. The molecule has 2 aromatic rings. The Morgan fingerprint density at radius 2 is 2.00 bits per heavy atom. The van der Waals surface area contributed by atoms with Crippen LogP contribution in [0.25, 0.3) is 0 Å². The summed E-state index contributed by atoms with van der Waals surface area (Å²) in [6, 6.07) is 12.1. The maximum atomic E-state index is 11.6. The largest absolute Gasteiger partial charge is 0.507 e. The minimum atomic E-state index is -0.397. The molecule has 0 radical (unpaired) electrons. The lowest BCUT2D eigenvalue weighted by Gasteiger charge is -2.05. The van der Waals surface area contributed by atoms with E-state index in [0.29, 0.717) is 11.3 Å². The lowest BCUT2D eigenvalue weighted by Crippen LogP contribution is -2.24. The van der Waals surface area contributed by atoms with E-state index in [1.807, 2.05) is 12.1 Å². The fourth-order valence-electron chi connectivity index (χ4n) is 1.54. The number of benzene rings is 2. The number of nitrogens with one attached hydrogen (secondary N) is 1. The molecular formula is C15H12Br2N2O3. The molecule has 0 heterocycles. The number of phenolic OH excluding ortho intramolecular Hbond substituents is 1. The summed E-state index contributed by atoms with van der Waals surface area (Å²) in [6.07, 6.45) is 1.36. The Morgan fingerprint density at radius 3 is 2.77 bits per heavy atom. The lowest BCUT2D eigenvalue weighted by molar-refractivity contribution is -0.123. The molecule has 0 aliphatic heterocycles. The quantitative estimate of drug-likeness (QED) is 0.567. The third-order valence-electron chi connectivity index (χ3n) is 2.55. The van der Waals surface area contributed by atoms with Gasteiger partial charge in [-0.05, 0) is 36.4 Å². The van der Waals surface area contributed by atoms with Gasteiger partial charge in [0, 0.05) is 14.5 Å². The van der Waals surface area contributed by atoms with Gasteiger partial charge in [-0.2, -0.15) is 5.10 Å². The first-order valence-corrected chi connectivity index (χ1v) is 7.82. The van der Waals surface area contributed by atoms with Gasteiger partial charge in [-0.3, -0.25) is 4.79 Å². The van der Waals surface area contributed by atoms with E-state index in [-0.39, 0.29) is 12.4 Å². The molecule has 0 aliphatic carbocycles. The van der Waals surface area contributed by atoms with Crippen molar-refractivity contribution < 1.29 is 14.6 Å². The number of halogens is 2. The van der Waals surface area contributed by atoms with Crippen LogP contribution in [-0.4, -0.2) is 23.8 Å². The van der Waals surface area contributed by atoms with Gasteiger partial charge in [0.15, 0.2) is 6.61 Å². The van der Waals surface area contributed by atoms with E-state index in [0.717, 1.165) is 8.95 Å². The van der Waals surface area contributed by atoms with Gasteiger partial charge in [0.05, 0.1) is 6.21 Å². The Morgan fingerprint density at radius 1 is 1.23 bits per heavy atom. The number of hydrogen-bond donors (Lipinski definition) is 2. The summed E-state index contributed by atoms with van der Waals surface area (Å²) >= 11 is 6.61. The number of hydrogen-bond acceptors (Lipinski definition) is 4. The highest BCUT2D eigenvalue weighted by molar-refractivity contribution is 9.10. The van der Waals surface area contributed by atoms with Gasteiger partial charge in [-0.25, -0.2) is 5.43 Å². The zero-order valence-corrected chi connectivity index (χ0v) is 14.5. The summed E-state index contributed by atoms with van der Waals surface area (Å²) in [5.41, 5.74) is 2.82. The predicted octanol–water partition coefficient (Wildman–Crippen LogP) is 3.45. The highest BCUT2D eigenvalue weighted by Crippen LogP contribution is 2.20. The van der Waals surface area contributed by atoms with E-state index in [4.69, 9.17) is 4.74 Å². The van der Waals surface area contributed by atoms with E-state index in [1.54, 1.807) is 24.3 Å². The zero-order chi connectivity index (χ0) is 15.9. The molecule has 5 nitrogen and oxygen atoms in total. The third-order valence-corrected chi connectivity index (χ3v) is 3.53. The molecule has 1 amide bonds. The Balaban J connectivity index is 1.85. The molecule has 0 saturated carbocycles. The molecule has 2 aromatic carbocycles. The summed E-state index contributed by atoms with van der Waals surface area (Å²) in [7, 11) is 0. The number of aromatic hydroxyl groups is 1. The Hall–Kier alpha value is -1.86. The minimum absolute atomic E-state index is 0.0755. The van der Waals surface area contributed by atoms with Crippen LogP contribution in [0.15, 0.2) is 56.5 Å². The predicted molar refractivity (Wildman–Crippen MR) is 91.2 cm³/mol. The van der Waals surface area contributed by atoms with Crippen LogP contribution in [0.2, 0.25) is 0 Å². The van der Waals surface area contributed by atoms with Gasteiger partial charge in [0.25, 0.3) is 5.91 Å². The summed E-state index contributed by atoms with van der Waals surface area (Å²) in [5.74, 6) is 0.260. The molecule has 0 aliphatic rings. The molecule has 114 valence electrons. The van der Waals surface area contributed by atoms with Crippen LogP contribution in [0, 0.1) is 0 Å². The second-order valence-electron chi connectivity index (χ2n) is 4.24. The number of nitrogens with zero attached hydrogens (tertiary/aromatic N) is 1. The van der Waals surface area contributed by atoms with Crippen molar-refractivity contribution in [3.05, 3.63) is 57.0 Å². The fraction of sp³-hybridized carbons (Fsp3) is 0.0667. The van der Waals surface area contributed by atoms with Crippen molar-refractivity contribution in [2.24, 2.45) is 5.10 Å². The Bertz CT molecular complexity index is 705. The second-order valence-corrected chi connectivity index (χ2v) is 6.07. The average Bonchev–Trinajstić information content (AvgIpc) is 2.49. The van der Waals surface area contributed by atoms with Crippen LogP contribution in [0.4, 0.5) is 0 Å². The van der Waals surface area contributed by atoms with Crippen molar-refractivity contribution in [2.45, 2.75) is 0 Å². The molecule has 0 fully saturated rings. The first-order valence-electron chi connectivity index (χ1n) is 6.23. The summed E-state index contributed by atoms with van der Waals surface area (Å²) in [5, 5.41) is 13.4. The molecule has 2 rings (SSSR count). The first-order chi connectivity index (χ1) is 10.5. The number of amides is 1. The molecule has 2 N–H and O–H groups in total. The standard InChI is InChI=1S/C15H12Br2N2O3/c16-11-2-1-3-13(7-11)22-9-15(21)19-18-8-10-6-12(17)4-5-14(10)20/h1-8,20H,9H2,(H,19,21). The van der Waals surface area contributed by atoms with Crippen LogP contribution in [0.3, 0.4) is 0 Å². The van der Waals surface area contributed by atoms with Crippen LogP contribution in [0.5, 0.6) is 11.5 Å². The van der Waals surface area contributed by atoms with Crippen molar-refractivity contribution >= 4 is 44.0 Å². The van der Waals surface area contributed by atoms with Gasteiger partial charge in [-0.15, -0.1) is 0 Å². The Labute approximate surface area is 144 Å². The van der Waals surface area contributed by atoms with Gasteiger partial charge in [-0.1, -0.05) is 37.9 Å². The maximum Gasteiger partial charge on any atom is 0.277 e. The van der Waals surface area contributed by atoms with E-state index >= 15 is 0 Å². The number of ether oxygens (including phenoxy) is 1. The van der Waals surface area contributed by atoms with Crippen molar-refractivity contribution in [1.29, 1.82) is 0 Å². The Kier molecular flexibility index (Phi) is 5.97. The topological polar surface area (TPSA) is 70.9 Å². The molecule has 7 heteroatoms. The van der Waals surface area contributed by atoms with Gasteiger partial charge < -0.3 is 9.84 Å². The first kappa shape index (κ1) is 16.5. The van der Waals surface area contributed by atoms with E-state index in [1.165, 1.54) is 12.3 Å². The van der Waals surface area contributed by atoms with Gasteiger partial charge >= 0.3 is 0 Å². The third kappa shape index (κ3) is 5.16. The number of carbonyl (C=O) groups is 1. The number of rotatable bonds is 5. The summed E-state index contributed by atoms with van der Waals surface area (Å²) in [4.78, 5) is 11.6. The van der Waals surface area contributed by atoms with Crippen LogP contribution in [-0.2, 0) is 4.79 Å². The van der Waals surface area contributed by atoms with Crippen LogP contribution < -0.4 is 10.2 Å².